The van der Waals surface area contributed by atoms with E-state index in [0.717, 1.165) is 11.4 Å². The molecular formula is C9H16N2. The van der Waals surface area contributed by atoms with Crippen molar-refractivity contribution in [2.24, 2.45) is 0 Å². The van der Waals surface area contributed by atoms with Crippen molar-refractivity contribution >= 4 is 0 Å². The van der Waals surface area contributed by atoms with Crippen molar-refractivity contribution in [1.29, 1.82) is 0 Å². The van der Waals surface area contributed by atoms with Gasteiger partial charge in [0.1, 0.15) is 6.33 Å². The molecule has 0 aliphatic carbocycles. The lowest BCUT2D eigenvalue weighted by Gasteiger charge is -1.98. The fourth-order valence-corrected chi connectivity index (χ4v) is 0.658. The molecule has 2 heteroatoms. The third kappa shape index (κ3) is 2.66. The Morgan fingerprint density at radius 3 is 1.55 bits per heavy atom. The summed E-state index contributed by atoms with van der Waals surface area (Å²) in [6, 6.07) is 0. The van der Waals surface area contributed by atoms with Crippen LogP contribution < -0.4 is 0 Å². The number of hydrogen-bond acceptors (Lipinski definition) is 2. The maximum Gasteiger partial charge on any atom is 0.115 e. The third-order valence-corrected chi connectivity index (χ3v) is 1.59. The molecule has 0 saturated heterocycles. The van der Waals surface area contributed by atoms with Crippen LogP contribution in [0.25, 0.3) is 0 Å². The van der Waals surface area contributed by atoms with E-state index in [1.165, 1.54) is 5.56 Å². The van der Waals surface area contributed by atoms with Gasteiger partial charge in [0.25, 0.3) is 0 Å². The van der Waals surface area contributed by atoms with Gasteiger partial charge in [0, 0.05) is 11.4 Å². The Balaban J connectivity index is 0.000000461. The van der Waals surface area contributed by atoms with E-state index in [4.69, 9.17) is 0 Å². The van der Waals surface area contributed by atoms with E-state index in [9.17, 15) is 0 Å². The molecule has 0 saturated carbocycles. The molecular weight excluding hydrogens is 136 g/mol. The van der Waals surface area contributed by atoms with Gasteiger partial charge >= 0.3 is 0 Å². The number of hydrogen-bond donors (Lipinski definition) is 0. The van der Waals surface area contributed by atoms with Gasteiger partial charge in [-0.05, 0) is 26.3 Å². The highest BCUT2D eigenvalue weighted by Crippen LogP contribution is 2.03. The van der Waals surface area contributed by atoms with Crippen LogP contribution in [0.3, 0.4) is 0 Å². The molecule has 0 fully saturated rings. The Kier molecular flexibility index (Phi) is 4.42. The second kappa shape index (κ2) is 4.83. The second-order valence-corrected chi connectivity index (χ2v) is 2.17. The van der Waals surface area contributed by atoms with Gasteiger partial charge in [-0.15, -0.1) is 0 Å². The monoisotopic (exact) mass is 152 g/mol. The highest BCUT2D eigenvalue weighted by molar-refractivity contribution is 5.19. The fourth-order valence-electron chi connectivity index (χ4n) is 0.658. The molecule has 0 aliphatic rings. The van der Waals surface area contributed by atoms with E-state index in [-0.39, 0.29) is 0 Å². The fraction of sp³-hybridized carbons (Fsp3) is 0.556. The van der Waals surface area contributed by atoms with E-state index < -0.39 is 0 Å². The van der Waals surface area contributed by atoms with Gasteiger partial charge in [-0.3, -0.25) is 0 Å². The zero-order valence-corrected chi connectivity index (χ0v) is 7.97. The minimum Gasteiger partial charge on any atom is -0.241 e. The summed E-state index contributed by atoms with van der Waals surface area (Å²) < 4.78 is 0. The average Bonchev–Trinajstić information content (AvgIpc) is 2.04. The van der Waals surface area contributed by atoms with E-state index in [2.05, 4.69) is 9.97 Å². The molecule has 1 rings (SSSR count). The van der Waals surface area contributed by atoms with Crippen molar-refractivity contribution in [2.75, 3.05) is 0 Å². The molecule has 0 aliphatic heterocycles. The molecule has 0 radical (unpaired) electrons. The molecule has 0 N–H and O–H groups in total. The molecule has 2 nitrogen and oxygen atoms in total. The first-order valence-electron chi connectivity index (χ1n) is 3.96. The van der Waals surface area contributed by atoms with Gasteiger partial charge in [0.05, 0.1) is 0 Å². The minimum atomic E-state index is 1.07. The highest BCUT2D eigenvalue weighted by Gasteiger charge is 1.94. The maximum atomic E-state index is 4.03. The predicted octanol–water partition coefficient (Wildman–Crippen LogP) is 2.43. The van der Waals surface area contributed by atoms with E-state index in [1.54, 1.807) is 6.33 Å². The lowest BCUT2D eigenvalue weighted by Crippen LogP contribution is -1.92. The highest BCUT2D eigenvalue weighted by atomic mass is 14.8. The minimum absolute atomic E-state index is 1.07. The molecule has 0 atom stereocenters. The van der Waals surface area contributed by atoms with E-state index >= 15 is 0 Å². The normalized spacial score (nSPS) is 8.45. The zero-order valence-electron chi connectivity index (χ0n) is 7.97. The van der Waals surface area contributed by atoms with Crippen LogP contribution in [-0.2, 0) is 0 Å². The van der Waals surface area contributed by atoms with Gasteiger partial charge in [0.15, 0.2) is 0 Å². The van der Waals surface area contributed by atoms with Crippen LogP contribution >= 0.6 is 0 Å². The number of aromatic nitrogens is 2. The Bertz CT molecular complexity index is 199. The van der Waals surface area contributed by atoms with Crippen LogP contribution in [0.15, 0.2) is 6.33 Å². The van der Waals surface area contributed by atoms with Crippen molar-refractivity contribution in [2.45, 2.75) is 34.6 Å². The van der Waals surface area contributed by atoms with Crippen molar-refractivity contribution in [3.63, 3.8) is 0 Å². The molecule has 0 aromatic carbocycles. The van der Waals surface area contributed by atoms with Crippen molar-refractivity contribution < 1.29 is 0 Å². The van der Waals surface area contributed by atoms with Crippen LogP contribution in [-0.4, -0.2) is 9.97 Å². The van der Waals surface area contributed by atoms with Crippen molar-refractivity contribution in [3.8, 4) is 0 Å². The topological polar surface area (TPSA) is 25.8 Å². The summed E-state index contributed by atoms with van der Waals surface area (Å²) in [4.78, 5) is 8.06. The van der Waals surface area contributed by atoms with E-state index in [0.29, 0.717) is 0 Å². The molecule has 1 heterocycles. The molecule has 11 heavy (non-hydrogen) atoms. The first-order valence-corrected chi connectivity index (χ1v) is 3.96. The summed E-state index contributed by atoms with van der Waals surface area (Å²) in [5.74, 6) is 0. The summed E-state index contributed by atoms with van der Waals surface area (Å²) in [6.45, 7) is 10.0. The van der Waals surface area contributed by atoms with Crippen LogP contribution in [0, 0.1) is 20.8 Å². The average molecular weight is 152 g/mol. The van der Waals surface area contributed by atoms with Gasteiger partial charge in [-0.2, -0.15) is 0 Å². The van der Waals surface area contributed by atoms with Crippen LogP contribution in [0.2, 0.25) is 0 Å². The standard InChI is InChI=1S/C7H10N2.C2H6/c1-5-6(2)8-4-9-7(5)3;1-2/h4H,1-3H3;1-2H3. The molecule has 0 amide bonds. The second-order valence-electron chi connectivity index (χ2n) is 2.17. The van der Waals surface area contributed by atoms with Crippen LogP contribution in [0.5, 0.6) is 0 Å². The van der Waals surface area contributed by atoms with Gasteiger partial charge in [0.2, 0.25) is 0 Å². The van der Waals surface area contributed by atoms with Crippen LogP contribution in [0.1, 0.15) is 30.8 Å². The number of aryl methyl sites for hydroxylation is 2. The number of nitrogens with zero attached hydrogens (tertiary/aromatic N) is 2. The molecule has 0 bridgehead atoms. The van der Waals surface area contributed by atoms with Crippen LogP contribution in [0.4, 0.5) is 0 Å². The Morgan fingerprint density at radius 1 is 0.909 bits per heavy atom. The van der Waals surface area contributed by atoms with Crippen molar-refractivity contribution in [1.82, 2.24) is 9.97 Å². The molecule has 1 aromatic rings. The van der Waals surface area contributed by atoms with E-state index in [1.807, 2.05) is 34.6 Å². The summed E-state index contributed by atoms with van der Waals surface area (Å²) in [5, 5.41) is 0. The predicted molar refractivity (Wildman–Crippen MR) is 47.6 cm³/mol. The Hall–Kier alpha value is -0.920. The summed E-state index contributed by atoms with van der Waals surface area (Å²) in [7, 11) is 0. The van der Waals surface area contributed by atoms with Gasteiger partial charge in [-0.25, -0.2) is 9.97 Å². The molecule has 0 unspecified atom stereocenters. The lowest BCUT2D eigenvalue weighted by atomic mass is 10.2. The first kappa shape index (κ1) is 10.1. The third-order valence-electron chi connectivity index (χ3n) is 1.59. The van der Waals surface area contributed by atoms with Crippen molar-refractivity contribution in [3.05, 3.63) is 23.3 Å². The first-order chi connectivity index (χ1) is 5.22. The summed E-state index contributed by atoms with van der Waals surface area (Å²) >= 11 is 0. The summed E-state index contributed by atoms with van der Waals surface area (Å²) in [5.41, 5.74) is 3.34. The molecule has 1 aromatic heterocycles. The quantitative estimate of drug-likeness (QED) is 0.570. The zero-order chi connectivity index (χ0) is 8.85. The lowest BCUT2D eigenvalue weighted by molar-refractivity contribution is 1.01. The molecule has 62 valence electrons. The Labute approximate surface area is 68.7 Å². The molecule has 0 spiro atoms. The maximum absolute atomic E-state index is 4.03. The number of rotatable bonds is 0. The largest absolute Gasteiger partial charge is 0.241 e. The SMILES string of the molecule is CC.Cc1ncnc(C)c1C. The Morgan fingerprint density at radius 2 is 1.27 bits per heavy atom. The van der Waals surface area contributed by atoms with Gasteiger partial charge < -0.3 is 0 Å². The smallest absolute Gasteiger partial charge is 0.115 e. The van der Waals surface area contributed by atoms with Gasteiger partial charge in [-0.1, -0.05) is 13.8 Å². The summed E-state index contributed by atoms with van der Waals surface area (Å²) in [6.07, 6.45) is 1.59.